The van der Waals surface area contributed by atoms with Crippen LogP contribution in [-0.2, 0) is 11.4 Å². The van der Waals surface area contributed by atoms with Gasteiger partial charge in [0, 0.05) is 6.54 Å². The zero-order valence-electron chi connectivity index (χ0n) is 14.6. The number of likely N-dealkylation sites (N-methyl/N-ethyl adjacent to an activating group) is 1. The highest BCUT2D eigenvalue weighted by molar-refractivity contribution is 8.26. The van der Waals surface area contributed by atoms with E-state index < -0.39 is 0 Å². The van der Waals surface area contributed by atoms with Crippen LogP contribution in [0.1, 0.15) is 18.1 Å². The lowest BCUT2D eigenvalue weighted by atomic mass is 10.2. The molecule has 2 aromatic carbocycles. The van der Waals surface area contributed by atoms with Crippen molar-refractivity contribution in [2.75, 3.05) is 13.7 Å². The third-order valence-electron chi connectivity index (χ3n) is 3.91. The van der Waals surface area contributed by atoms with Crippen molar-refractivity contribution >= 4 is 40.3 Å². The molecule has 0 radical (unpaired) electrons. The first-order valence-corrected chi connectivity index (χ1v) is 9.44. The number of amides is 1. The van der Waals surface area contributed by atoms with E-state index in [0.29, 0.717) is 22.4 Å². The van der Waals surface area contributed by atoms with Crippen LogP contribution in [0.15, 0.2) is 53.4 Å². The molecule has 1 aliphatic rings. The molecule has 0 bridgehead atoms. The van der Waals surface area contributed by atoms with Crippen LogP contribution in [-0.4, -0.2) is 28.8 Å². The van der Waals surface area contributed by atoms with Crippen molar-refractivity contribution in [2.45, 2.75) is 13.5 Å². The molecule has 3 rings (SSSR count). The molecular weight excluding hydrogens is 366 g/mol. The third kappa shape index (κ3) is 4.26. The lowest BCUT2D eigenvalue weighted by Gasteiger charge is -2.09. The predicted molar refractivity (Wildman–Crippen MR) is 109 cm³/mol. The summed E-state index contributed by atoms with van der Waals surface area (Å²) in [6.45, 7) is 2.98. The van der Waals surface area contributed by atoms with Gasteiger partial charge < -0.3 is 9.47 Å². The highest BCUT2D eigenvalue weighted by Crippen LogP contribution is 2.32. The summed E-state index contributed by atoms with van der Waals surface area (Å²) in [6, 6.07) is 15.4. The molecule has 0 atom stereocenters. The number of thioether (sulfide) groups is 1. The van der Waals surface area contributed by atoms with Crippen molar-refractivity contribution in [3.05, 3.63) is 64.6 Å². The molecule has 26 heavy (non-hydrogen) atoms. The highest BCUT2D eigenvalue weighted by atomic mass is 32.2. The first-order chi connectivity index (χ1) is 12.6. The van der Waals surface area contributed by atoms with Gasteiger partial charge in [-0.2, -0.15) is 0 Å². The Balaban J connectivity index is 1.64. The Morgan fingerprint density at radius 2 is 1.92 bits per heavy atom. The average molecular weight is 386 g/mol. The zero-order chi connectivity index (χ0) is 18.5. The maximum atomic E-state index is 12.2. The quantitative estimate of drug-likeness (QED) is 0.541. The average Bonchev–Trinajstić information content (AvgIpc) is 2.94. The summed E-state index contributed by atoms with van der Waals surface area (Å²) < 4.78 is 11.6. The molecular formula is C20H19NO3S2. The van der Waals surface area contributed by atoms with E-state index in [1.165, 1.54) is 11.8 Å². The number of benzene rings is 2. The molecule has 4 nitrogen and oxygen atoms in total. The Morgan fingerprint density at radius 3 is 2.58 bits per heavy atom. The van der Waals surface area contributed by atoms with Crippen molar-refractivity contribution < 1.29 is 14.3 Å². The van der Waals surface area contributed by atoms with E-state index in [1.807, 2.05) is 61.5 Å². The molecule has 1 fully saturated rings. The molecule has 1 amide bonds. The number of rotatable bonds is 6. The molecule has 134 valence electrons. The van der Waals surface area contributed by atoms with Crippen LogP contribution < -0.4 is 9.47 Å². The SMILES string of the molecule is CCN1C(=O)/C(=C/c2ccc(OCc3cccc(OC)c3)cc2)SC1=S. The number of thiocarbonyl (C=S) groups is 1. The number of hydrogen-bond acceptors (Lipinski definition) is 5. The van der Waals surface area contributed by atoms with Gasteiger partial charge in [0.2, 0.25) is 0 Å². The second kappa shape index (κ2) is 8.38. The Bertz CT molecular complexity index is 846. The van der Waals surface area contributed by atoms with Gasteiger partial charge in [0.25, 0.3) is 5.91 Å². The molecule has 0 N–H and O–H groups in total. The van der Waals surface area contributed by atoms with Gasteiger partial charge in [-0.15, -0.1) is 0 Å². The topological polar surface area (TPSA) is 38.8 Å². The number of carbonyl (C=O) groups is 1. The second-order valence-electron chi connectivity index (χ2n) is 5.64. The molecule has 2 aromatic rings. The summed E-state index contributed by atoms with van der Waals surface area (Å²) in [5, 5.41) is 0. The zero-order valence-corrected chi connectivity index (χ0v) is 16.2. The van der Waals surface area contributed by atoms with Crippen molar-refractivity contribution in [3.63, 3.8) is 0 Å². The van der Waals surface area contributed by atoms with E-state index >= 15 is 0 Å². The van der Waals surface area contributed by atoms with Gasteiger partial charge in [-0.3, -0.25) is 9.69 Å². The number of methoxy groups -OCH3 is 1. The molecule has 1 aliphatic heterocycles. The van der Waals surface area contributed by atoms with E-state index in [-0.39, 0.29) is 5.91 Å². The van der Waals surface area contributed by atoms with Gasteiger partial charge in [-0.25, -0.2) is 0 Å². The van der Waals surface area contributed by atoms with Crippen LogP contribution in [0.3, 0.4) is 0 Å². The first kappa shape index (κ1) is 18.5. The maximum absolute atomic E-state index is 12.2. The van der Waals surface area contributed by atoms with Gasteiger partial charge >= 0.3 is 0 Å². The fourth-order valence-corrected chi connectivity index (χ4v) is 3.90. The Labute approximate surface area is 162 Å². The van der Waals surface area contributed by atoms with Gasteiger partial charge in [-0.05, 0) is 48.4 Å². The van der Waals surface area contributed by atoms with Crippen molar-refractivity contribution in [1.82, 2.24) is 4.90 Å². The van der Waals surface area contributed by atoms with Crippen LogP contribution in [0.25, 0.3) is 6.08 Å². The van der Waals surface area contributed by atoms with E-state index in [2.05, 4.69) is 0 Å². The number of ether oxygens (including phenoxy) is 2. The minimum Gasteiger partial charge on any atom is -0.497 e. The van der Waals surface area contributed by atoms with Crippen molar-refractivity contribution in [1.29, 1.82) is 0 Å². The number of hydrogen-bond donors (Lipinski definition) is 0. The van der Waals surface area contributed by atoms with Gasteiger partial charge in [0.15, 0.2) is 0 Å². The van der Waals surface area contributed by atoms with E-state index in [9.17, 15) is 4.79 Å². The van der Waals surface area contributed by atoms with E-state index in [1.54, 1.807) is 12.0 Å². The Hall–Kier alpha value is -2.31. The molecule has 0 saturated carbocycles. The number of nitrogens with zero attached hydrogens (tertiary/aromatic N) is 1. The lowest BCUT2D eigenvalue weighted by Crippen LogP contribution is -2.27. The van der Waals surface area contributed by atoms with Gasteiger partial charge in [-0.1, -0.05) is 48.2 Å². The van der Waals surface area contributed by atoms with E-state index in [0.717, 1.165) is 22.6 Å². The van der Waals surface area contributed by atoms with Crippen LogP contribution in [0.5, 0.6) is 11.5 Å². The molecule has 0 aliphatic carbocycles. The third-order valence-corrected chi connectivity index (χ3v) is 5.29. The van der Waals surface area contributed by atoms with Gasteiger partial charge in [0.1, 0.15) is 22.4 Å². The van der Waals surface area contributed by atoms with Crippen LogP contribution >= 0.6 is 24.0 Å². The molecule has 1 heterocycles. The second-order valence-corrected chi connectivity index (χ2v) is 7.31. The summed E-state index contributed by atoms with van der Waals surface area (Å²) in [4.78, 5) is 14.5. The van der Waals surface area contributed by atoms with Crippen LogP contribution in [0.4, 0.5) is 0 Å². The summed E-state index contributed by atoms with van der Waals surface area (Å²) in [5.41, 5.74) is 1.98. The van der Waals surface area contributed by atoms with Crippen LogP contribution in [0.2, 0.25) is 0 Å². The highest BCUT2D eigenvalue weighted by Gasteiger charge is 2.30. The normalized spacial score (nSPS) is 15.6. The van der Waals surface area contributed by atoms with Crippen LogP contribution in [0, 0.1) is 0 Å². The molecule has 6 heteroatoms. The molecule has 0 unspecified atom stereocenters. The van der Waals surface area contributed by atoms with Gasteiger partial charge in [0.05, 0.1) is 12.0 Å². The van der Waals surface area contributed by atoms with Crippen molar-refractivity contribution in [2.24, 2.45) is 0 Å². The smallest absolute Gasteiger partial charge is 0.266 e. The Morgan fingerprint density at radius 1 is 1.15 bits per heavy atom. The minimum atomic E-state index is -0.0270. The first-order valence-electron chi connectivity index (χ1n) is 8.22. The summed E-state index contributed by atoms with van der Waals surface area (Å²) >= 11 is 6.57. The molecule has 0 aromatic heterocycles. The van der Waals surface area contributed by atoms with E-state index in [4.69, 9.17) is 21.7 Å². The maximum Gasteiger partial charge on any atom is 0.266 e. The fraction of sp³-hybridized carbons (Fsp3) is 0.200. The predicted octanol–water partition coefficient (Wildman–Crippen LogP) is 4.50. The largest absolute Gasteiger partial charge is 0.497 e. The summed E-state index contributed by atoms with van der Waals surface area (Å²) in [5.74, 6) is 1.55. The van der Waals surface area contributed by atoms with Crippen molar-refractivity contribution in [3.8, 4) is 11.5 Å². The lowest BCUT2D eigenvalue weighted by molar-refractivity contribution is -0.121. The monoisotopic (exact) mass is 385 g/mol. The molecule has 0 spiro atoms. The number of carbonyl (C=O) groups excluding carboxylic acids is 1. The Kier molecular flexibility index (Phi) is 5.96. The molecule has 1 saturated heterocycles. The summed E-state index contributed by atoms with van der Waals surface area (Å²) in [7, 11) is 1.65. The summed E-state index contributed by atoms with van der Waals surface area (Å²) in [6.07, 6.45) is 1.86. The standard InChI is InChI=1S/C20H19NO3S2/c1-3-21-19(22)18(26-20(21)25)12-14-7-9-16(10-8-14)24-13-15-5-4-6-17(11-15)23-2/h4-12H,3,13H2,1-2H3/b18-12-. The fourth-order valence-electron chi connectivity index (χ4n) is 2.51. The minimum absolute atomic E-state index is 0.0270.